The quantitative estimate of drug-likeness (QED) is 0.390. The first kappa shape index (κ1) is 24.9. The number of rotatable bonds is 6. The number of fused-ring (bicyclic) bond motifs is 1. The Bertz CT molecular complexity index is 1540. The van der Waals surface area contributed by atoms with E-state index in [-0.39, 0.29) is 18.1 Å². The summed E-state index contributed by atoms with van der Waals surface area (Å²) >= 11 is 0. The van der Waals surface area contributed by atoms with Crippen molar-refractivity contribution in [2.75, 3.05) is 40.4 Å². The Labute approximate surface area is 219 Å². The number of piperazine rings is 1. The second-order valence-electron chi connectivity index (χ2n) is 8.82. The molecule has 194 valence electrons. The number of hydrogen-bond donors (Lipinski definition) is 0. The molecule has 3 heterocycles. The van der Waals surface area contributed by atoms with Gasteiger partial charge in [0.2, 0.25) is 0 Å². The second-order valence-corrected chi connectivity index (χ2v) is 8.82. The summed E-state index contributed by atoms with van der Waals surface area (Å²) in [5.41, 5.74) is 1.46. The fraction of sp³-hybridized carbons (Fsp3) is 0.250. The Balaban J connectivity index is 1.38. The topological polar surface area (TPSA) is 107 Å². The van der Waals surface area contributed by atoms with E-state index in [1.54, 1.807) is 66.6 Å². The second kappa shape index (κ2) is 10.7. The van der Waals surface area contributed by atoms with Crippen LogP contribution in [0.1, 0.15) is 26.4 Å². The maximum absolute atomic E-state index is 13.6. The lowest BCUT2D eigenvalue weighted by Crippen LogP contribution is -2.51. The van der Waals surface area contributed by atoms with Gasteiger partial charge in [-0.15, -0.1) is 0 Å². The molecule has 0 bridgehead atoms. The average Bonchev–Trinajstić information content (AvgIpc) is 2.98. The maximum atomic E-state index is 13.6. The van der Waals surface area contributed by atoms with Crippen LogP contribution < -0.4 is 15.0 Å². The first-order valence-corrected chi connectivity index (χ1v) is 12.2. The number of hydrogen-bond acceptors (Lipinski definition) is 7. The van der Waals surface area contributed by atoms with Crippen LogP contribution in [0.4, 0.5) is 0 Å². The molecule has 0 spiro atoms. The summed E-state index contributed by atoms with van der Waals surface area (Å²) < 4.78 is 12.1. The minimum absolute atomic E-state index is 0.117. The highest BCUT2D eigenvalue weighted by molar-refractivity contribution is 5.95. The highest BCUT2D eigenvalue weighted by Crippen LogP contribution is 2.20. The van der Waals surface area contributed by atoms with Crippen molar-refractivity contribution < 1.29 is 19.1 Å². The molecule has 10 heteroatoms. The van der Waals surface area contributed by atoms with Gasteiger partial charge in [0.1, 0.15) is 17.0 Å². The lowest BCUT2D eigenvalue weighted by molar-refractivity contribution is 0.0531. The highest BCUT2D eigenvalue weighted by Gasteiger charge is 2.29. The van der Waals surface area contributed by atoms with Crippen molar-refractivity contribution in [2.24, 2.45) is 0 Å². The van der Waals surface area contributed by atoms with Gasteiger partial charge >= 0.3 is 0 Å². The molecule has 2 aromatic carbocycles. The number of carbonyl (C=O) groups is 2. The minimum atomic E-state index is -0.524. The Morgan fingerprint density at radius 2 is 1.53 bits per heavy atom. The van der Waals surface area contributed by atoms with Gasteiger partial charge in [0, 0.05) is 43.5 Å². The van der Waals surface area contributed by atoms with Crippen molar-refractivity contribution in [3.63, 3.8) is 0 Å². The van der Waals surface area contributed by atoms with Gasteiger partial charge in [-0.05, 0) is 42.5 Å². The molecule has 0 radical (unpaired) electrons. The highest BCUT2D eigenvalue weighted by atomic mass is 16.5. The Kier molecular flexibility index (Phi) is 7.03. The third kappa shape index (κ3) is 4.80. The standard InChI is InChI=1S/C28H27N5O5/c1-37-21-11-9-19(10-12-21)26(34)31-14-16-32(17-15-31)27(35)24-28(36)33(25-22(30-24)7-5-13-29-25)18-20-6-3-4-8-23(20)38-2/h3-13H,14-18H2,1-2H3. The molecule has 0 unspecified atom stereocenters. The first-order chi connectivity index (χ1) is 18.5. The fourth-order valence-electron chi connectivity index (χ4n) is 4.54. The number of carbonyl (C=O) groups excluding carboxylic acids is 2. The number of benzene rings is 2. The summed E-state index contributed by atoms with van der Waals surface area (Å²) in [7, 11) is 3.14. The van der Waals surface area contributed by atoms with E-state index in [9.17, 15) is 14.4 Å². The van der Waals surface area contributed by atoms with E-state index < -0.39 is 11.5 Å². The van der Waals surface area contributed by atoms with Crippen LogP contribution in [0.2, 0.25) is 0 Å². The molecule has 1 aliphatic rings. The minimum Gasteiger partial charge on any atom is -0.497 e. The van der Waals surface area contributed by atoms with E-state index in [2.05, 4.69) is 9.97 Å². The molecule has 0 aliphatic carbocycles. The van der Waals surface area contributed by atoms with Crippen LogP contribution in [0.5, 0.6) is 11.5 Å². The van der Waals surface area contributed by atoms with Crippen molar-refractivity contribution >= 4 is 23.0 Å². The zero-order valence-corrected chi connectivity index (χ0v) is 21.2. The van der Waals surface area contributed by atoms with Crippen molar-refractivity contribution in [3.05, 3.63) is 94.0 Å². The molecule has 1 saturated heterocycles. The van der Waals surface area contributed by atoms with Crippen LogP contribution in [-0.2, 0) is 6.54 Å². The normalized spacial score (nSPS) is 13.4. The lowest BCUT2D eigenvalue weighted by atomic mass is 10.1. The molecule has 2 aromatic heterocycles. The van der Waals surface area contributed by atoms with E-state index in [4.69, 9.17) is 9.47 Å². The zero-order chi connectivity index (χ0) is 26.6. The SMILES string of the molecule is COc1ccc(C(=O)N2CCN(C(=O)c3nc4cccnc4n(Cc4ccccc4OC)c3=O)CC2)cc1. The molecule has 4 aromatic rings. The van der Waals surface area contributed by atoms with Gasteiger partial charge in [-0.3, -0.25) is 19.0 Å². The molecule has 10 nitrogen and oxygen atoms in total. The van der Waals surface area contributed by atoms with Crippen LogP contribution in [0.15, 0.2) is 71.7 Å². The number of methoxy groups -OCH3 is 2. The van der Waals surface area contributed by atoms with Crippen LogP contribution in [-0.4, -0.2) is 76.5 Å². The summed E-state index contributed by atoms with van der Waals surface area (Å²) in [6, 6.07) is 17.7. The Hall–Kier alpha value is -4.73. The Morgan fingerprint density at radius 1 is 0.842 bits per heavy atom. The van der Waals surface area contributed by atoms with Crippen LogP contribution >= 0.6 is 0 Å². The first-order valence-electron chi connectivity index (χ1n) is 12.2. The monoisotopic (exact) mass is 513 g/mol. The van der Waals surface area contributed by atoms with Crippen molar-refractivity contribution in [1.29, 1.82) is 0 Å². The van der Waals surface area contributed by atoms with Crippen LogP contribution in [0.3, 0.4) is 0 Å². The third-order valence-electron chi connectivity index (χ3n) is 6.62. The molecule has 1 fully saturated rings. The lowest BCUT2D eigenvalue weighted by Gasteiger charge is -2.34. The fourth-order valence-corrected chi connectivity index (χ4v) is 4.54. The number of para-hydroxylation sites is 1. The number of pyridine rings is 1. The van der Waals surface area contributed by atoms with E-state index >= 15 is 0 Å². The van der Waals surface area contributed by atoms with Crippen molar-refractivity contribution in [2.45, 2.75) is 6.54 Å². The number of nitrogens with zero attached hydrogens (tertiary/aromatic N) is 5. The van der Waals surface area contributed by atoms with E-state index in [0.29, 0.717) is 54.4 Å². The average molecular weight is 514 g/mol. The molecule has 2 amide bonds. The molecule has 38 heavy (non-hydrogen) atoms. The number of amides is 2. The summed E-state index contributed by atoms with van der Waals surface area (Å²) in [5, 5.41) is 0. The van der Waals surface area contributed by atoms with Gasteiger partial charge in [0.05, 0.1) is 20.8 Å². The number of ether oxygens (including phenoxy) is 2. The maximum Gasteiger partial charge on any atom is 0.284 e. The van der Waals surface area contributed by atoms with Gasteiger partial charge in [-0.2, -0.15) is 0 Å². The van der Waals surface area contributed by atoms with E-state index in [1.807, 2.05) is 24.3 Å². The van der Waals surface area contributed by atoms with Gasteiger partial charge in [0.25, 0.3) is 17.4 Å². The predicted molar refractivity (Wildman–Crippen MR) is 141 cm³/mol. The summed E-state index contributed by atoms with van der Waals surface area (Å²) in [6.45, 7) is 1.45. The molecular formula is C28H27N5O5. The summed E-state index contributed by atoms with van der Waals surface area (Å²) in [4.78, 5) is 52.0. The third-order valence-corrected chi connectivity index (χ3v) is 6.62. The molecule has 0 saturated carbocycles. The van der Waals surface area contributed by atoms with Gasteiger partial charge in [0.15, 0.2) is 11.3 Å². The van der Waals surface area contributed by atoms with Gasteiger partial charge in [-0.1, -0.05) is 18.2 Å². The van der Waals surface area contributed by atoms with Crippen molar-refractivity contribution in [3.8, 4) is 11.5 Å². The molecular weight excluding hydrogens is 486 g/mol. The molecule has 0 N–H and O–H groups in total. The van der Waals surface area contributed by atoms with E-state index in [1.165, 1.54) is 4.57 Å². The van der Waals surface area contributed by atoms with Crippen molar-refractivity contribution in [1.82, 2.24) is 24.3 Å². The molecule has 0 atom stereocenters. The smallest absolute Gasteiger partial charge is 0.284 e. The van der Waals surface area contributed by atoms with Gasteiger partial charge in [-0.25, -0.2) is 9.97 Å². The largest absolute Gasteiger partial charge is 0.497 e. The summed E-state index contributed by atoms with van der Waals surface area (Å²) in [5.74, 6) is 0.720. The van der Waals surface area contributed by atoms with Crippen LogP contribution in [0.25, 0.3) is 11.2 Å². The number of aromatic nitrogens is 3. The van der Waals surface area contributed by atoms with Gasteiger partial charge < -0.3 is 19.3 Å². The molecule has 5 rings (SSSR count). The summed E-state index contributed by atoms with van der Waals surface area (Å²) in [6.07, 6.45) is 1.59. The predicted octanol–water partition coefficient (Wildman–Crippen LogP) is 2.46. The zero-order valence-electron chi connectivity index (χ0n) is 21.2. The van der Waals surface area contributed by atoms with E-state index in [0.717, 1.165) is 5.56 Å². The Morgan fingerprint density at radius 3 is 2.21 bits per heavy atom. The van der Waals surface area contributed by atoms with Crippen LogP contribution in [0, 0.1) is 0 Å². The molecule has 1 aliphatic heterocycles.